The van der Waals surface area contributed by atoms with Crippen molar-refractivity contribution in [3.05, 3.63) is 29.8 Å². The molecule has 3 atom stereocenters. The van der Waals surface area contributed by atoms with Gasteiger partial charge in [-0.15, -0.1) is 0 Å². The summed E-state index contributed by atoms with van der Waals surface area (Å²) < 4.78 is 43.7. The van der Waals surface area contributed by atoms with Crippen LogP contribution in [0.15, 0.2) is 24.3 Å². The minimum Gasteiger partial charge on any atom is -0.394 e. The van der Waals surface area contributed by atoms with Crippen LogP contribution >= 0.6 is 0 Å². The smallest absolute Gasteiger partial charge is 0.394 e. The van der Waals surface area contributed by atoms with Gasteiger partial charge in [0.15, 0.2) is 0 Å². The molecule has 0 aliphatic carbocycles. The van der Waals surface area contributed by atoms with Crippen LogP contribution in [0.25, 0.3) is 0 Å². The Labute approximate surface area is 190 Å². The molecule has 8 nitrogen and oxygen atoms in total. The van der Waals surface area contributed by atoms with Gasteiger partial charge in [0.2, 0.25) is 5.91 Å². The highest BCUT2D eigenvalue weighted by Crippen LogP contribution is 2.30. The molecule has 2 saturated heterocycles. The fourth-order valence-corrected chi connectivity index (χ4v) is 4.16. The normalized spacial score (nSPS) is 23.8. The van der Waals surface area contributed by atoms with Gasteiger partial charge in [-0.3, -0.25) is 4.79 Å². The Morgan fingerprint density at radius 1 is 1.12 bits per heavy atom. The molecule has 0 aromatic heterocycles. The molecule has 33 heavy (non-hydrogen) atoms. The van der Waals surface area contributed by atoms with Crippen LogP contribution in [-0.2, 0) is 15.7 Å². The number of carbonyl (C=O) groups is 2. The number of hydrogen-bond acceptors (Lipinski definition) is 5. The van der Waals surface area contributed by atoms with Crippen molar-refractivity contribution in [2.75, 3.05) is 38.1 Å². The lowest BCUT2D eigenvalue weighted by Gasteiger charge is -2.36. The van der Waals surface area contributed by atoms with E-state index in [1.807, 2.05) is 0 Å². The first kappa shape index (κ1) is 25.3. The number of urea groups is 1. The second-order valence-electron chi connectivity index (χ2n) is 8.44. The SMILES string of the molecule is O=C(C[C@@H]1CC[C@H](NC(=O)Nc2ccc(C(F)(F)F)cc2)[C@@H](CO)O1)NCCN1CCCC1. The van der Waals surface area contributed by atoms with Gasteiger partial charge in [0.1, 0.15) is 6.10 Å². The molecule has 1 aromatic rings. The fourth-order valence-electron chi connectivity index (χ4n) is 4.16. The van der Waals surface area contributed by atoms with E-state index >= 15 is 0 Å². The third-order valence-corrected chi connectivity index (χ3v) is 5.94. The standard InChI is InChI=1S/C22H31F3N4O4/c23-22(24,25)15-3-5-16(6-4-15)27-21(32)28-18-8-7-17(33-19(18)14-30)13-20(31)26-9-12-29-10-1-2-11-29/h3-6,17-19,30H,1-2,7-14H2,(H,26,31)(H2,27,28,32)/t17-,18-,19+/m0/s1. The van der Waals surface area contributed by atoms with E-state index in [-0.39, 0.29) is 30.7 Å². The average Bonchev–Trinajstić information content (AvgIpc) is 3.28. The molecule has 1 aromatic carbocycles. The van der Waals surface area contributed by atoms with E-state index < -0.39 is 29.9 Å². The second-order valence-corrected chi connectivity index (χ2v) is 8.44. The average molecular weight is 473 g/mol. The van der Waals surface area contributed by atoms with E-state index in [4.69, 9.17) is 4.74 Å². The molecule has 0 unspecified atom stereocenters. The maximum absolute atomic E-state index is 12.6. The van der Waals surface area contributed by atoms with E-state index in [1.165, 1.54) is 25.0 Å². The van der Waals surface area contributed by atoms with Crippen LogP contribution in [0.1, 0.15) is 37.7 Å². The zero-order valence-corrected chi connectivity index (χ0v) is 18.4. The fraction of sp³-hybridized carbons (Fsp3) is 0.636. The number of likely N-dealkylation sites (tertiary alicyclic amines) is 1. The highest BCUT2D eigenvalue weighted by molar-refractivity contribution is 5.89. The number of ether oxygens (including phenoxy) is 1. The van der Waals surface area contributed by atoms with Crippen molar-refractivity contribution in [1.82, 2.24) is 15.5 Å². The van der Waals surface area contributed by atoms with Crippen LogP contribution < -0.4 is 16.0 Å². The zero-order valence-electron chi connectivity index (χ0n) is 18.4. The lowest BCUT2D eigenvalue weighted by atomic mass is 9.97. The molecule has 4 N–H and O–H groups in total. The number of carbonyl (C=O) groups excluding carboxylic acids is 2. The van der Waals surface area contributed by atoms with Gasteiger partial charge in [0.05, 0.1) is 30.7 Å². The van der Waals surface area contributed by atoms with Gasteiger partial charge in [-0.1, -0.05) is 0 Å². The molecule has 3 amide bonds. The maximum atomic E-state index is 12.6. The van der Waals surface area contributed by atoms with Gasteiger partial charge in [-0.25, -0.2) is 4.79 Å². The Balaban J connectivity index is 1.40. The zero-order chi connectivity index (χ0) is 23.8. The summed E-state index contributed by atoms with van der Waals surface area (Å²) in [5, 5.41) is 17.7. The van der Waals surface area contributed by atoms with Crippen LogP contribution in [0.3, 0.4) is 0 Å². The third-order valence-electron chi connectivity index (χ3n) is 5.94. The van der Waals surface area contributed by atoms with Gasteiger partial charge in [-0.05, 0) is 63.0 Å². The first-order valence-corrected chi connectivity index (χ1v) is 11.2. The van der Waals surface area contributed by atoms with Gasteiger partial charge >= 0.3 is 12.2 Å². The molecule has 184 valence electrons. The summed E-state index contributed by atoms with van der Waals surface area (Å²) in [7, 11) is 0. The molecule has 0 radical (unpaired) electrons. The molecule has 2 aliphatic rings. The lowest BCUT2D eigenvalue weighted by molar-refractivity contribution is -0.137. The Bertz CT molecular complexity index is 785. The number of halogens is 3. The van der Waals surface area contributed by atoms with E-state index in [1.54, 1.807) is 0 Å². The number of aliphatic hydroxyl groups excluding tert-OH is 1. The summed E-state index contributed by atoms with van der Waals surface area (Å²) in [6, 6.07) is 3.01. The third kappa shape index (κ3) is 7.86. The Morgan fingerprint density at radius 3 is 2.45 bits per heavy atom. The number of amides is 3. The van der Waals surface area contributed by atoms with Crippen molar-refractivity contribution in [1.29, 1.82) is 0 Å². The number of nitrogens with one attached hydrogen (secondary N) is 3. The lowest BCUT2D eigenvalue weighted by Crippen LogP contribution is -2.52. The number of aliphatic hydroxyl groups is 1. The second kappa shape index (κ2) is 11.7. The van der Waals surface area contributed by atoms with Crippen LogP contribution in [0.4, 0.5) is 23.7 Å². The molecule has 0 saturated carbocycles. The summed E-state index contributed by atoms with van der Waals surface area (Å²) >= 11 is 0. The van der Waals surface area contributed by atoms with Crippen molar-refractivity contribution in [3.8, 4) is 0 Å². The van der Waals surface area contributed by atoms with Crippen LogP contribution in [-0.4, -0.2) is 73.0 Å². The molecule has 2 heterocycles. The van der Waals surface area contributed by atoms with Crippen LogP contribution in [0.2, 0.25) is 0 Å². The minimum atomic E-state index is -4.45. The highest BCUT2D eigenvalue weighted by Gasteiger charge is 2.33. The number of rotatable bonds is 8. The summed E-state index contributed by atoms with van der Waals surface area (Å²) in [4.78, 5) is 26.8. The molecule has 2 fully saturated rings. The highest BCUT2D eigenvalue weighted by atomic mass is 19.4. The van der Waals surface area contributed by atoms with Crippen molar-refractivity contribution in [3.63, 3.8) is 0 Å². The van der Waals surface area contributed by atoms with E-state index in [0.717, 1.165) is 31.8 Å². The van der Waals surface area contributed by atoms with Crippen LogP contribution in [0.5, 0.6) is 0 Å². The van der Waals surface area contributed by atoms with Crippen LogP contribution in [0, 0.1) is 0 Å². The number of anilines is 1. The minimum absolute atomic E-state index is 0.109. The van der Waals surface area contributed by atoms with Gasteiger partial charge in [0.25, 0.3) is 0 Å². The summed E-state index contributed by atoms with van der Waals surface area (Å²) in [6.07, 6.45) is -1.88. The van der Waals surface area contributed by atoms with Gasteiger partial charge in [0, 0.05) is 18.8 Å². The van der Waals surface area contributed by atoms with E-state index in [2.05, 4.69) is 20.9 Å². The van der Waals surface area contributed by atoms with E-state index in [0.29, 0.717) is 19.4 Å². The molecule has 3 rings (SSSR count). The molecule has 2 aliphatic heterocycles. The molecular formula is C22H31F3N4O4. The number of nitrogens with zero attached hydrogens (tertiary/aromatic N) is 1. The Morgan fingerprint density at radius 2 is 1.82 bits per heavy atom. The van der Waals surface area contributed by atoms with Gasteiger partial charge < -0.3 is 30.7 Å². The maximum Gasteiger partial charge on any atom is 0.416 e. The largest absolute Gasteiger partial charge is 0.416 e. The predicted octanol–water partition coefficient (Wildman–Crippen LogP) is 2.34. The molecular weight excluding hydrogens is 441 g/mol. The monoisotopic (exact) mass is 472 g/mol. The summed E-state index contributed by atoms with van der Waals surface area (Å²) in [5.41, 5.74) is -0.595. The summed E-state index contributed by atoms with van der Waals surface area (Å²) in [5.74, 6) is -0.109. The van der Waals surface area contributed by atoms with Crippen molar-refractivity contribution in [2.45, 2.75) is 56.5 Å². The summed E-state index contributed by atoms with van der Waals surface area (Å²) in [6.45, 7) is 3.22. The van der Waals surface area contributed by atoms with Gasteiger partial charge in [-0.2, -0.15) is 13.2 Å². The molecule has 0 spiro atoms. The molecule has 0 bridgehead atoms. The van der Waals surface area contributed by atoms with E-state index in [9.17, 15) is 27.9 Å². The Kier molecular flexibility index (Phi) is 8.93. The predicted molar refractivity (Wildman–Crippen MR) is 116 cm³/mol. The number of alkyl halides is 3. The van der Waals surface area contributed by atoms with Crippen molar-refractivity contribution >= 4 is 17.6 Å². The topological polar surface area (TPSA) is 103 Å². The Hall–Kier alpha value is -2.37. The number of benzene rings is 1. The first-order chi connectivity index (χ1) is 15.7. The van der Waals surface area contributed by atoms with Crippen molar-refractivity contribution < 1.29 is 32.6 Å². The molecule has 11 heteroatoms. The quantitative estimate of drug-likeness (QED) is 0.465. The van der Waals surface area contributed by atoms with Crippen molar-refractivity contribution in [2.24, 2.45) is 0 Å². The first-order valence-electron chi connectivity index (χ1n) is 11.2. The number of hydrogen-bond donors (Lipinski definition) is 4.